The molecule has 0 aromatic heterocycles. The third kappa shape index (κ3) is 1.36. The van der Waals surface area contributed by atoms with Gasteiger partial charge in [0.25, 0.3) is 0 Å². The first-order valence-corrected chi connectivity index (χ1v) is 4.23. The second kappa shape index (κ2) is 3.08. The predicted octanol–water partition coefficient (Wildman–Crippen LogP) is 0.739. The monoisotopic (exact) mass is 174 g/mol. The van der Waals surface area contributed by atoms with E-state index >= 15 is 0 Å². The number of hydrogen-bond acceptors (Lipinski definition) is 3. The highest BCUT2D eigenvalue weighted by Gasteiger charge is 2.25. The number of nitrogens with zero attached hydrogens (tertiary/aromatic N) is 2. The van der Waals surface area contributed by atoms with Crippen molar-refractivity contribution in [3.8, 4) is 6.07 Å². The van der Waals surface area contributed by atoms with E-state index in [1.165, 1.54) is 0 Å². The van der Waals surface area contributed by atoms with Gasteiger partial charge in [-0.15, -0.1) is 0 Å². The maximum atomic E-state index is 9.12. The highest BCUT2D eigenvalue weighted by Crippen LogP contribution is 2.24. The van der Waals surface area contributed by atoms with Crippen LogP contribution in [0.25, 0.3) is 0 Å². The van der Waals surface area contributed by atoms with Crippen molar-refractivity contribution < 1.29 is 5.11 Å². The lowest BCUT2D eigenvalue weighted by atomic mass is 10.1. The Bertz CT molecular complexity index is 350. The molecule has 3 nitrogen and oxygen atoms in total. The highest BCUT2D eigenvalue weighted by molar-refractivity contribution is 5.60. The van der Waals surface area contributed by atoms with Crippen molar-refractivity contribution in [2.75, 3.05) is 18.0 Å². The molecule has 0 unspecified atom stereocenters. The van der Waals surface area contributed by atoms with Crippen LogP contribution in [-0.4, -0.2) is 24.3 Å². The van der Waals surface area contributed by atoms with Crippen molar-refractivity contribution in [3.63, 3.8) is 0 Å². The van der Waals surface area contributed by atoms with E-state index in [4.69, 9.17) is 10.4 Å². The summed E-state index contributed by atoms with van der Waals surface area (Å²) in [7, 11) is 0. The van der Waals surface area contributed by atoms with Crippen molar-refractivity contribution >= 4 is 5.69 Å². The van der Waals surface area contributed by atoms with E-state index in [-0.39, 0.29) is 6.10 Å². The molecule has 1 N–H and O–H groups in total. The average molecular weight is 174 g/mol. The minimum atomic E-state index is -0.230. The summed E-state index contributed by atoms with van der Waals surface area (Å²) in [5.74, 6) is 0. The second-order valence-corrected chi connectivity index (χ2v) is 3.19. The Kier molecular flexibility index (Phi) is 1.91. The van der Waals surface area contributed by atoms with Crippen LogP contribution in [0.2, 0.25) is 0 Å². The third-order valence-corrected chi connectivity index (χ3v) is 2.23. The number of rotatable bonds is 1. The highest BCUT2D eigenvalue weighted by atomic mass is 16.3. The zero-order valence-electron chi connectivity index (χ0n) is 7.14. The standard InChI is InChI=1S/C10H10N2O/c11-5-8-3-1-2-4-10(8)12-6-9(13)7-12/h1-4,9,13H,6-7H2. The number of aliphatic hydroxyl groups excluding tert-OH is 1. The third-order valence-electron chi connectivity index (χ3n) is 2.23. The normalized spacial score (nSPS) is 16.5. The van der Waals surface area contributed by atoms with Crippen LogP contribution in [0.5, 0.6) is 0 Å². The van der Waals surface area contributed by atoms with Gasteiger partial charge in [0.2, 0.25) is 0 Å². The molecule has 1 aromatic carbocycles. The molecule has 2 rings (SSSR count). The Morgan fingerprint density at radius 2 is 2.08 bits per heavy atom. The van der Waals surface area contributed by atoms with E-state index in [0.29, 0.717) is 18.7 Å². The summed E-state index contributed by atoms with van der Waals surface area (Å²) in [6, 6.07) is 9.58. The van der Waals surface area contributed by atoms with Crippen LogP contribution in [0.15, 0.2) is 24.3 Å². The first-order chi connectivity index (χ1) is 6.31. The van der Waals surface area contributed by atoms with E-state index in [0.717, 1.165) is 5.69 Å². The molecule has 0 bridgehead atoms. The number of anilines is 1. The molecule has 1 fully saturated rings. The topological polar surface area (TPSA) is 47.3 Å². The number of β-amino-alcohol motifs (C(OH)–C–C–N with tert-alkyl or cyclic N) is 1. The van der Waals surface area contributed by atoms with Crippen molar-refractivity contribution in [1.82, 2.24) is 0 Å². The Morgan fingerprint density at radius 1 is 1.38 bits per heavy atom. The number of nitriles is 1. The summed E-state index contributed by atoms with van der Waals surface area (Å²) in [4.78, 5) is 2.00. The Morgan fingerprint density at radius 3 is 2.69 bits per heavy atom. The summed E-state index contributed by atoms with van der Waals surface area (Å²) >= 11 is 0. The van der Waals surface area contributed by atoms with E-state index < -0.39 is 0 Å². The van der Waals surface area contributed by atoms with Gasteiger partial charge in [-0.2, -0.15) is 5.26 Å². The van der Waals surface area contributed by atoms with Gasteiger partial charge in [-0.3, -0.25) is 0 Å². The van der Waals surface area contributed by atoms with Crippen molar-refractivity contribution in [3.05, 3.63) is 29.8 Å². The summed E-state index contributed by atoms with van der Waals surface area (Å²) in [6.45, 7) is 1.28. The quantitative estimate of drug-likeness (QED) is 0.683. The summed E-state index contributed by atoms with van der Waals surface area (Å²) in [6.07, 6.45) is -0.230. The van der Waals surface area contributed by atoms with Gasteiger partial charge < -0.3 is 10.0 Å². The lowest BCUT2D eigenvalue weighted by molar-refractivity contribution is 0.142. The fourth-order valence-corrected chi connectivity index (χ4v) is 1.50. The minimum Gasteiger partial charge on any atom is -0.389 e. The molecule has 1 aromatic rings. The summed E-state index contributed by atoms with van der Waals surface area (Å²) < 4.78 is 0. The van der Waals surface area contributed by atoms with Gasteiger partial charge in [0, 0.05) is 13.1 Å². The lowest BCUT2D eigenvalue weighted by Crippen LogP contribution is -2.51. The maximum absolute atomic E-state index is 9.12. The molecule has 0 saturated carbocycles. The molecule has 0 atom stereocenters. The van der Waals surface area contributed by atoms with Crippen LogP contribution in [-0.2, 0) is 0 Å². The molecule has 1 aliphatic heterocycles. The van der Waals surface area contributed by atoms with Crippen LogP contribution in [0.1, 0.15) is 5.56 Å². The largest absolute Gasteiger partial charge is 0.389 e. The molecule has 13 heavy (non-hydrogen) atoms. The molecule has 1 aliphatic rings. The predicted molar refractivity (Wildman–Crippen MR) is 49.4 cm³/mol. The maximum Gasteiger partial charge on any atom is 0.101 e. The lowest BCUT2D eigenvalue weighted by Gasteiger charge is -2.38. The van der Waals surface area contributed by atoms with Gasteiger partial charge in [-0.25, -0.2) is 0 Å². The van der Waals surface area contributed by atoms with Gasteiger partial charge >= 0.3 is 0 Å². The second-order valence-electron chi connectivity index (χ2n) is 3.19. The Labute approximate surface area is 76.8 Å². The first-order valence-electron chi connectivity index (χ1n) is 4.23. The van der Waals surface area contributed by atoms with Crippen LogP contribution >= 0.6 is 0 Å². The van der Waals surface area contributed by atoms with Gasteiger partial charge in [-0.1, -0.05) is 12.1 Å². The molecule has 3 heteroatoms. The van der Waals surface area contributed by atoms with E-state index in [2.05, 4.69) is 6.07 Å². The van der Waals surface area contributed by atoms with Gasteiger partial charge in [0.15, 0.2) is 0 Å². The van der Waals surface area contributed by atoms with E-state index in [1.807, 2.05) is 23.1 Å². The fourth-order valence-electron chi connectivity index (χ4n) is 1.50. The zero-order valence-corrected chi connectivity index (χ0v) is 7.14. The number of hydrogen-bond donors (Lipinski definition) is 1. The molecule has 0 amide bonds. The Balaban J connectivity index is 2.26. The van der Waals surface area contributed by atoms with Crippen LogP contribution in [0, 0.1) is 11.3 Å². The molecule has 0 aliphatic carbocycles. The van der Waals surface area contributed by atoms with Gasteiger partial charge in [-0.05, 0) is 12.1 Å². The summed E-state index contributed by atoms with van der Waals surface area (Å²) in [5, 5.41) is 17.9. The van der Waals surface area contributed by atoms with Gasteiger partial charge in [0.05, 0.1) is 17.4 Å². The molecular weight excluding hydrogens is 164 g/mol. The van der Waals surface area contributed by atoms with Crippen molar-refractivity contribution in [2.45, 2.75) is 6.10 Å². The molecule has 0 radical (unpaired) electrons. The van der Waals surface area contributed by atoms with Gasteiger partial charge in [0.1, 0.15) is 6.07 Å². The first kappa shape index (κ1) is 8.09. The molecule has 1 saturated heterocycles. The SMILES string of the molecule is N#Cc1ccccc1N1CC(O)C1. The van der Waals surface area contributed by atoms with Crippen molar-refractivity contribution in [1.29, 1.82) is 5.26 Å². The van der Waals surface area contributed by atoms with E-state index in [1.54, 1.807) is 6.07 Å². The molecule has 66 valence electrons. The number of benzene rings is 1. The fraction of sp³-hybridized carbons (Fsp3) is 0.300. The average Bonchev–Trinajstić information content (AvgIpc) is 2.13. The molecule has 1 heterocycles. The van der Waals surface area contributed by atoms with Crippen molar-refractivity contribution in [2.24, 2.45) is 0 Å². The smallest absolute Gasteiger partial charge is 0.101 e. The summed E-state index contributed by atoms with van der Waals surface area (Å²) in [5.41, 5.74) is 1.60. The zero-order chi connectivity index (χ0) is 9.26. The Hall–Kier alpha value is -1.53. The molecular formula is C10H10N2O. The van der Waals surface area contributed by atoms with E-state index in [9.17, 15) is 0 Å². The number of para-hydroxylation sites is 1. The minimum absolute atomic E-state index is 0.230. The van der Waals surface area contributed by atoms with Crippen LogP contribution < -0.4 is 4.90 Å². The van der Waals surface area contributed by atoms with Crippen LogP contribution in [0.3, 0.4) is 0 Å². The van der Waals surface area contributed by atoms with Crippen LogP contribution in [0.4, 0.5) is 5.69 Å². The molecule has 0 spiro atoms. The number of aliphatic hydroxyl groups is 1.